The summed E-state index contributed by atoms with van der Waals surface area (Å²) >= 11 is 0. The van der Waals surface area contributed by atoms with Crippen LogP contribution in [0.3, 0.4) is 0 Å². The van der Waals surface area contributed by atoms with Gasteiger partial charge in [-0.1, -0.05) is 54.6 Å². The fourth-order valence-electron chi connectivity index (χ4n) is 4.37. The second-order valence-corrected chi connectivity index (χ2v) is 8.14. The average molecular weight is 459 g/mol. The Morgan fingerprint density at radius 3 is 2.18 bits per heavy atom. The maximum atomic E-state index is 12.8. The predicted molar refractivity (Wildman–Crippen MR) is 129 cm³/mol. The Morgan fingerprint density at radius 1 is 0.971 bits per heavy atom. The number of carbonyl (C=O) groups excluding carboxylic acids is 2. The zero-order valence-corrected chi connectivity index (χ0v) is 19.0. The van der Waals surface area contributed by atoms with Crippen LogP contribution in [-0.2, 0) is 9.53 Å². The molecule has 3 aromatic carbocycles. The van der Waals surface area contributed by atoms with Crippen LogP contribution < -0.4 is 5.32 Å². The summed E-state index contributed by atoms with van der Waals surface area (Å²) in [4.78, 5) is 37.9. The minimum Gasteiger partial charge on any atom is -0.480 e. The van der Waals surface area contributed by atoms with E-state index in [1.165, 1.54) is 17.9 Å². The number of hydrogen-bond acceptors (Lipinski definition) is 4. The first-order valence-corrected chi connectivity index (χ1v) is 11.2. The third-order valence-electron chi connectivity index (χ3n) is 6.13. The molecule has 1 atom stereocenters. The molecule has 0 saturated carbocycles. The summed E-state index contributed by atoms with van der Waals surface area (Å²) in [6.45, 7) is 3.60. The number of fused-ring (bicyclic) bond motifs is 3. The Labute approximate surface area is 198 Å². The average Bonchev–Trinajstić information content (AvgIpc) is 3.17. The van der Waals surface area contributed by atoms with E-state index in [4.69, 9.17) is 4.74 Å². The number of likely N-dealkylation sites (N-methyl/N-ethyl adjacent to an activating group) is 1. The number of anilines is 1. The molecule has 1 unspecified atom stereocenters. The zero-order chi connectivity index (χ0) is 24.2. The molecule has 0 radical (unpaired) electrons. The maximum Gasteiger partial charge on any atom is 0.411 e. The van der Waals surface area contributed by atoms with Crippen molar-refractivity contribution in [2.75, 3.05) is 18.5 Å². The van der Waals surface area contributed by atoms with Crippen molar-refractivity contribution in [3.8, 4) is 11.1 Å². The van der Waals surface area contributed by atoms with E-state index in [-0.39, 0.29) is 24.6 Å². The van der Waals surface area contributed by atoms with Crippen molar-refractivity contribution in [2.24, 2.45) is 0 Å². The lowest BCUT2D eigenvalue weighted by molar-refractivity contribution is -0.141. The summed E-state index contributed by atoms with van der Waals surface area (Å²) in [5.41, 5.74) is 5.21. The largest absolute Gasteiger partial charge is 0.480 e. The first kappa shape index (κ1) is 23.0. The molecule has 4 rings (SSSR count). The highest BCUT2D eigenvalue weighted by Crippen LogP contribution is 2.44. The second-order valence-electron chi connectivity index (χ2n) is 8.14. The van der Waals surface area contributed by atoms with Crippen LogP contribution in [-0.4, -0.2) is 47.2 Å². The molecule has 0 heterocycles. The molecule has 34 heavy (non-hydrogen) atoms. The molecule has 2 amide bonds. The van der Waals surface area contributed by atoms with Gasteiger partial charge in [-0.25, -0.2) is 9.59 Å². The molecule has 0 saturated heterocycles. The highest BCUT2D eigenvalue weighted by Gasteiger charge is 2.29. The van der Waals surface area contributed by atoms with Gasteiger partial charge in [0.15, 0.2) is 0 Å². The van der Waals surface area contributed by atoms with Crippen molar-refractivity contribution in [3.63, 3.8) is 0 Å². The molecular weight excluding hydrogens is 432 g/mol. The van der Waals surface area contributed by atoms with Gasteiger partial charge in [0.2, 0.25) is 0 Å². The van der Waals surface area contributed by atoms with Crippen LogP contribution in [0.5, 0.6) is 0 Å². The van der Waals surface area contributed by atoms with Gasteiger partial charge in [-0.3, -0.25) is 10.1 Å². The molecule has 0 spiro atoms. The van der Waals surface area contributed by atoms with Crippen LogP contribution in [0.15, 0.2) is 72.8 Å². The van der Waals surface area contributed by atoms with Crippen LogP contribution in [0.1, 0.15) is 41.3 Å². The number of nitrogens with zero attached hydrogens (tertiary/aromatic N) is 1. The van der Waals surface area contributed by atoms with Gasteiger partial charge in [0.1, 0.15) is 12.6 Å². The van der Waals surface area contributed by atoms with Gasteiger partial charge in [-0.15, -0.1) is 0 Å². The van der Waals surface area contributed by atoms with Gasteiger partial charge in [0.25, 0.3) is 5.91 Å². The number of carbonyl (C=O) groups is 3. The highest BCUT2D eigenvalue weighted by molar-refractivity contribution is 5.98. The monoisotopic (exact) mass is 458 g/mol. The van der Waals surface area contributed by atoms with Gasteiger partial charge >= 0.3 is 12.1 Å². The fraction of sp³-hybridized carbons (Fsp3) is 0.222. The number of amides is 2. The van der Waals surface area contributed by atoms with Crippen LogP contribution in [0.2, 0.25) is 0 Å². The number of hydrogen-bond donors (Lipinski definition) is 2. The second kappa shape index (κ2) is 9.79. The van der Waals surface area contributed by atoms with E-state index in [9.17, 15) is 19.5 Å². The van der Waals surface area contributed by atoms with Gasteiger partial charge in [-0.2, -0.15) is 0 Å². The minimum absolute atomic E-state index is 0.0540. The Hall–Kier alpha value is -4.13. The van der Waals surface area contributed by atoms with Crippen molar-refractivity contribution in [3.05, 3.63) is 89.5 Å². The number of nitrogens with one attached hydrogen (secondary N) is 1. The number of ether oxygens (including phenoxy) is 1. The van der Waals surface area contributed by atoms with Crippen molar-refractivity contribution >= 4 is 23.7 Å². The van der Waals surface area contributed by atoms with Crippen molar-refractivity contribution in [2.45, 2.75) is 25.8 Å². The SMILES string of the molecule is CCN(C(=O)c1cccc(NC(=O)OCC2c3ccccc3-c3ccccc32)c1)C(C)C(=O)O. The Balaban J connectivity index is 1.44. The predicted octanol–water partition coefficient (Wildman–Crippen LogP) is 4.98. The van der Waals surface area contributed by atoms with E-state index >= 15 is 0 Å². The molecule has 1 aliphatic rings. The van der Waals surface area contributed by atoms with Gasteiger partial charge < -0.3 is 14.7 Å². The smallest absolute Gasteiger partial charge is 0.411 e. The summed E-state index contributed by atoms with van der Waals surface area (Å²) in [6.07, 6.45) is -0.627. The molecule has 0 fully saturated rings. The Morgan fingerprint density at radius 2 is 1.59 bits per heavy atom. The number of carboxylic acids is 1. The van der Waals surface area contributed by atoms with E-state index in [2.05, 4.69) is 17.4 Å². The lowest BCUT2D eigenvalue weighted by atomic mass is 9.98. The highest BCUT2D eigenvalue weighted by atomic mass is 16.5. The molecule has 0 aromatic heterocycles. The fourth-order valence-corrected chi connectivity index (χ4v) is 4.37. The lowest BCUT2D eigenvalue weighted by Crippen LogP contribution is -2.43. The number of carboxylic acid groups (broad SMARTS) is 1. The van der Waals surface area contributed by atoms with Crippen LogP contribution in [0.4, 0.5) is 10.5 Å². The minimum atomic E-state index is -1.08. The first-order valence-electron chi connectivity index (χ1n) is 11.2. The van der Waals surface area contributed by atoms with Crippen molar-refractivity contribution < 1.29 is 24.2 Å². The quantitative estimate of drug-likeness (QED) is 0.520. The molecule has 1 aliphatic carbocycles. The molecule has 0 bridgehead atoms. The van der Waals surface area contributed by atoms with Gasteiger partial charge in [0.05, 0.1) is 0 Å². The Kier molecular flexibility index (Phi) is 6.63. The maximum absolute atomic E-state index is 12.8. The third kappa shape index (κ3) is 4.50. The van der Waals surface area contributed by atoms with E-state index in [0.717, 1.165) is 22.3 Å². The van der Waals surface area contributed by atoms with E-state index in [0.29, 0.717) is 5.69 Å². The molecular formula is C27H26N2O5. The summed E-state index contributed by atoms with van der Waals surface area (Å²) in [6, 6.07) is 21.6. The van der Waals surface area contributed by atoms with Crippen LogP contribution >= 0.6 is 0 Å². The topological polar surface area (TPSA) is 95.9 Å². The van der Waals surface area contributed by atoms with Gasteiger partial charge in [-0.05, 0) is 54.3 Å². The van der Waals surface area contributed by atoms with E-state index in [1.807, 2.05) is 36.4 Å². The molecule has 7 nitrogen and oxygen atoms in total. The number of benzene rings is 3. The lowest BCUT2D eigenvalue weighted by Gasteiger charge is -2.25. The molecule has 2 N–H and O–H groups in total. The van der Waals surface area contributed by atoms with E-state index in [1.54, 1.807) is 25.1 Å². The first-order chi connectivity index (χ1) is 16.4. The standard InChI is InChI=1S/C27H26N2O5/c1-3-29(17(2)26(31)32)25(30)18-9-8-10-19(15-18)28-27(33)34-16-24-22-13-6-4-11-20(22)21-12-5-7-14-23(21)24/h4-15,17,24H,3,16H2,1-2H3,(H,28,33)(H,31,32). The normalized spacial score (nSPS) is 12.9. The summed E-state index contributed by atoms with van der Waals surface area (Å²) < 4.78 is 5.56. The zero-order valence-electron chi connectivity index (χ0n) is 19.0. The molecule has 174 valence electrons. The number of aliphatic carboxylic acids is 1. The summed E-state index contributed by atoms with van der Waals surface area (Å²) in [5.74, 6) is -1.56. The van der Waals surface area contributed by atoms with Gasteiger partial charge in [0, 0.05) is 23.7 Å². The molecule has 0 aliphatic heterocycles. The number of rotatable bonds is 7. The van der Waals surface area contributed by atoms with Crippen molar-refractivity contribution in [1.29, 1.82) is 0 Å². The molecule has 3 aromatic rings. The molecule has 7 heteroatoms. The van der Waals surface area contributed by atoms with Crippen molar-refractivity contribution in [1.82, 2.24) is 4.90 Å². The van der Waals surface area contributed by atoms with E-state index < -0.39 is 24.0 Å². The van der Waals surface area contributed by atoms with Crippen LogP contribution in [0, 0.1) is 0 Å². The summed E-state index contributed by atoms with van der Waals surface area (Å²) in [7, 11) is 0. The Bertz CT molecular complexity index is 1190. The summed E-state index contributed by atoms with van der Waals surface area (Å²) in [5, 5.41) is 11.9. The third-order valence-corrected chi connectivity index (χ3v) is 6.13. The van der Waals surface area contributed by atoms with Crippen LogP contribution in [0.25, 0.3) is 11.1 Å².